The van der Waals surface area contributed by atoms with E-state index in [4.69, 9.17) is 9.88 Å². The fraction of sp³-hybridized carbons (Fsp3) is 0.556. The maximum absolute atomic E-state index is 13.2. The van der Waals surface area contributed by atoms with Crippen molar-refractivity contribution >= 4 is 21.8 Å². The van der Waals surface area contributed by atoms with E-state index in [0.29, 0.717) is 37.2 Å². The fourth-order valence-electron chi connectivity index (χ4n) is 4.60. The summed E-state index contributed by atoms with van der Waals surface area (Å²) in [4.78, 5) is 29.0. The first kappa shape index (κ1) is 18.4. The molecule has 0 radical (unpaired) electrons. The number of benzene rings is 1. The molecule has 3 aliphatic rings. The quantitative estimate of drug-likeness (QED) is 0.787. The molecule has 27 heavy (non-hydrogen) atoms. The first-order valence-corrected chi connectivity index (χ1v) is 10.6. The largest absolute Gasteiger partial charge is 0.353 e. The normalized spacial score (nSPS) is 27.7. The number of nitrogens with two attached hydrogens (primary N) is 1. The van der Waals surface area contributed by atoms with Crippen LogP contribution < -0.4 is 5.14 Å². The molecular formula is C18H23N3O5S. The highest BCUT2D eigenvalue weighted by atomic mass is 32.2. The molecule has 3 fully saturated rings. The van der Waals surface area contributed by atoms with Gasteiger partial charge in [-0.2, -0.15) is 0 Å². The molecule has 1 aromatic carbocycles. The molecule has 0 aromatic heterocycles. The Morgan fingerprint density at radius 1 is 1.30 bits per heavy atom. The highest BCUT2D eigenvalue weighted by molar-refractivity contribution is 7.89. The number of aryl methyl sites for hydroxylation is 1. The second kappa shape index (κ2) is 6.02. The Bertz CT molecular complexity index is 945. The smallest absolute Gasteiger partial charge is 0.254 e. The average Bonchev–Trinajstić information content (AvgIpc) is 3.08. The van der Waals surface area contributed by atoms with E-state index in [-0.39, 0.29) is 34.7 Å². The summed E-state index contributed by atoms with van der Waals surface area (Å²) in [6.07, 6.45) is 1.60. The SMILES string of the molecule is Cc1cc(C(=O)N2CC[C@@]34OCCCN3C(=O)C[C@@H]24)cc(S(N)(=O)=O)c1C. The maximum atomic E-state index is 13.2. The molecule has 0 bridgehead atoms. The zero-order chi connectivity index (χ0) is 19.6. The van der Waals surface area contributed by atoms with E-state index in [2.05, 4.69) is 0 Å². The molecule has 2 atom stereocenters. The van der Waals surface area contributed by atoms with E-state index in [1.165, 1.54) is 6.07 Å². The van der Waals surface area contributed by atoms with Gasteiger partial charge in [0.1, 0.15) is 0 Å². The van der Waals surface area contributed by atoms with Crippen LogP contribution in [-0.4, -0.2) is 61.5 Å². The average molecular weight is 393 g/mol. The predicted molar refractivity (Wildman–Crippen MR) is 96.4 cm³/mol. The van der Waals surface area contributed by atoms with Crippen molar-refractivity contribution in [3.05, 3.63) is 28.8 Å². The van der Waals surface area contributed by atoms with Gasteiger partial charge in [-0.3, -0.25) is 9.59 Å². The number of carbonyl (C=O) groups is 2. The van der Waals surface area contributed by atoms with Crippen LogP contribution in [0.2, 0.25) is 0 Å². The molecule has 3 saturated heterocycles. The van der Waals surface area contributed by atoms with Crippen molar-refractivity contribution in [1.82, 2.24) is 9.80 Å². The number of hydrogen-bond acceptors (Lipinski definition) is 5. The van der Waals surface area contributed by atoms with Crippen LogP contribution in [0.1, 0.15) is 40.7 Å². The molecule has 0 aliphatic carbocycles. The summed E-state index contributed by atoms with van der Waals surface area (Å²) >= 11 is 0. The third kappa shape index (κ3) is 2.67. The first-order valence-electron chi connectivity index (χ1n) is 9.04. The van der Waals surface area contributed by atoms with Crippen molar-refractivity contribution in [1.29, 1.82) is 0 Å². The summed E-state index contributed by atoms with van der Waals surface area (Å²) in [6.45, 7) is 5.10. The van der Waals surface area contributed by atoms with Crippen molar-refractivity contribution in [3.8, 4) is 0 Å². The molecule has 0 saturated carbocycles. The molecule has 3 aliphatic heterocycles. The van der Waals surface area contributed by atoms with Crippen molar-refractivity contribution < 1.29 is 22.7 Å². The molecular weight excluding hydrogens is 370 g/mol. The Kier molecular flexibility index (Phi) is 4.10. The summed E-state index contributed by atoms with van der Waals surface area (Å²) in [7, 11) is -3.94. The predicted octanol–water partition coefficient (Wildman–Crippen LogP) is 0.514. The number of likely N-dealkylation sites (tertiary alicyclic amines) is 1. The summed E-state index contributed by atoms with van der Waals surface area (Å²) in [5, 5.41) is 5.32. The lowest BCUT2D eigenvalue weighted by atomic mass is 10.0. The lowest BCUT2D eigenvalue weighted by Crippen LogP contribution is -2.56. The highest BCUT2D eigenvalue weighted by Gasteiger charge is 2.61. The van der Waals surface area contributed by atoms with Gasteiger partial charge in [0.05, 0.1) is 24.0 Å². The van der Waals surface area contributed by atoms with Crippen molar-refractivity contribution in [2.75, 3.05) is 19.7 Å². The summed E-state index contributed by atoms with van der Waals surface area (Å²) < 4.78 is 29.8. The Morgan fingerprint density at radius 2 is 2.04 bits per heavy atom. The second-order valence-electron chi connectivity index (χ2n) is 7.52. The summed E-state index contributed by atoms with van der Waals surface area (Å²) in [5.74, 6) is -0.295. The minimum atomic E-state index is -3.94. The van der Waals surface area contributed by atoms with Gasteiger partial charge < -0.3 is 14.5 Å². The van der Waals surface area contributed by atoms with Crippen LogP contribution in [0.25, 0.3) is 0 Å². The van der Waals surface area contributed by atoms with E-state index in [1.807, 2.05) is 0 Å². The van der Waals surface area contributed by atoms with E-state index >= 15 is 0 Å². The third-order valence-corrected chi connectivity index (χ3v) is 7.08. The van der Waals surface area contributed by atoms with Gasteiger partial charge in [-0.25, -0.2) is 13.6 Å². The van der Waals surface area contributed by atoms with Gasteiger partial charge in [0, 0.05) is 25.1 Å². The van der Waals surface area contributed by atoms with Crippen LogP contribution >= 0.6 is 0 Å². The van der Waals surface area contributed by atoms with Gasteiger partial charge in [0.2, 0.25) is 15.9 Å². The Morgan fingerprint density at radius 3 is 2.74 bits per heavy atom. The Balaban J connectivity index is 1.71. The van der Waals surface area contributed by atoms with E-state index in [1.54, 1.807) is 29.7 Å². The van der Waals surface area contributed by atoms with Crippen molar-refractivity contribution in [2.24, 2.45) is 5.14 Å². The minimum absolute atomic E-state index is 0.00233. The van der Waals surface area contributed by atoms with E-state index in [9.17, 15) is 18.0 Å². The van der Waals surface area contributed by atoms with Gasteiger partial charge in [-0.05, 0) is 43.5 Å². The van der Waals surface area contributed by atoms with Crippen molar-refractivity contribution in [2.45, 2.75) is 49.8 Å². The van der Waals surface area contributed by atoms with Crippen LogP contribution in [0, 0.1) is 13.8 Å². The number of primary sulfonamides is 1. The van der Waals surface area contributed by atoms with Crippen LogP contribution in [0.5, 0.6) is 0 Å². The molecule has 3 heterocycles. The Hall–Kier alpha value is -1.97. The highest BCUT2D eigenvalue weighted by Crippen LogP contribution is 2.45. The fourth-order valence-corrected chi connectivity index (χ4v) is 5.48. The number of amides is 2. The number of hydrogen-bond donors (Lipinski definition) is 1. The number of nitrogens with zero attached hydrogens (tertiary/aromatic N) is 2. The third-order valence-electron chi connectivity index (χ3n) is 6.05. The number of rotatable bonds is 2. The van der Waals surface area contributed by atoms with Gasteiger partial charge in [0.25, 0.3) is 5.91 Å². The zero-order valence-electron chi connectivity index (χ0n) is 15.4. The lowest BCUT2D eigenvalue weighted by Gasteiger charge is -2.42. The molecule has 2 N–H and O–H groups in total. The lowest BCUT2D eigenvalue weighted by molar-refractivity contribution is -0.179. The second-order valence-corrected chi connectivity index (χ2v) is 9.05. The Labute approximate surface area is 158 Å². The monoisotopic (exact) mass is 393 g/mol. The summed E-state index contributed by atoms with van der Waals surface area (Å²) in [5.41, 5.74) is 0.746. The van der Waals surface area contributed by atoms with Crippen LogP contribution in [0.3, 0.4) is 0 Å². The zero-order valence-corrected chi connectivity index (χ0v) is 16.2. The topological polar surface area (TPSA) is 110 Å². The molecule has 0 unspecified atom stereocenters. The first-order chi connectivity index (χ1) is 12.6. The van der Waals surface area contributed by atoms with E-state index in [0.717, 1.165) is 6.42 Å². The standard InChI is InChI=1S/C18H23N3O5S/c1-11-8-13(9-14(12(11)2)27(19,24)25)17(23)20-6-4-18-15(20)10-16(22)21(18)5-3-7-26-18/h8-9,15H,3-7,10H2,1-2H3,(H2,19,24,25)/t15-,18+/m1/s1. The molecule has 2 amide bonds. The van der Waals surface area contributed by atoms with Crippen LogP contribution in [0.15, 0.2) is 17.0 Å². The van der Waals surface area contributed by atoms with Gasteiger partial charge in [-0.15, -0.1) is 0 Å². The number of sulfonamides is 1. The minimum Gasteiger partial charge on any atom is -0.353 e. The molecule has 146 valence electrons. The van der Waals surface area contributed by atoms with E-state index < -0.39 is 15.7 Å². The molecule has 1 spiro atoms. The van der Waals surface area contributed by atoms with Gasteiger partial charge in [-0.1, -0.05) is 0 Å². The van der Waals surface area contributed by atoms with Gasteiger partial charge >= 0.3 is 0 Å². The number of ether oxygens (including phenoxy) is 1. The molecule has 4 rings (SSSR count). The summed E-state index contributed by atoms with van der Waals surface area (Å²) in [6, 6.07) is 2.66. The van der Waals surface area contributed by atoms with Crippen molar-refractivity contribution in [3.63, 3.8) is 0 Å². The number of carbonyl (C=O) groups excluding carboxylic acids is 2. The molecule has 8 nitrogen and oxygen atoms in total. The molecule has 9 heteroatoms. The maximum Gasteiger partial charge on any atom is 0.254 e. The molecule has 1 aromatic rings. The van der Waals surface area contributed by atoms with Gasteiger partial charge in [0.15, 0.2) is 5.72 Å². The van der Waals surface area contributed by atoms with Crippen LogP contribution in [-0.2, 0) is 19.6 Å². The van der Waals surface area contributed by atoms with Crippen LogP contribution in [0.4, 0.5) is 0 Å².